The molecule has 0 unspecified atom stereocenters. The number of thioether (sulfide) groups is 1. The molecule has 0 saturated heterocycles. The summed E-state index contributed by atoms with van der Waals surface area (Å²) in [6, 6.07) is 9.03. The van der Waals surface area contributed by atoms with Crippen LogP contribution in [0.2, 0.25) is 0 Å². The van der Waals surface area contributed by atoms with Crippen LogP contribution in [0.25, 0.3) is 0 Å². The van der Waals surface area contributed by atoms with E-state index in [0.29, 0.717) is 6.04 Å². The summed E-state index contributed by atoms with van der Waals surface area (Å²) in [5.41, 5.74) is 1.28. The van der Waals surface area contributed by atoms with Gasteiger partial charge < -0.3 is 4.90 Å². The van der Waals surface area contributed by atoms with E-state index in [4.69, 9.17) is 0 Å². The standard InChI is InChI=1S/C15H17NOS/c1-11(17)10-15-16(12-6-2-3-7-12)13-8-4-5-9-14(13)18-15/h4-5,8-10,12H,2-3,6-7H2,1H3/b15-10-. The topological polar surface area (TPSA) is 20.3 Å². The maximum Gasteiger partial charge on any atom is 0.155 e. The second-order valence-electron chi connectivity index (χ2n) is 4.97. The van der Waals surface area contributed by atoms with E-state index in [-0.39, 0.29) is 5.78 Å². The number of allylic oxidation sites excluding steroid dienone is 1. The van der Waals surface area contributed by atoms with Gasteiger partial charge in [0.25, 0.3) is 0 Å². The highest BCUT2D eigenvalue weighted by Gasteiger charge is 2.32. The number of ketones is 1. The molecule has 1 aromatic rings. The number of nitrogens with zero attached hydrogens (tertiary/aromatic N) is 1. The lowest BCUT2D eigenvalue weighted by molar-refractivity contribution is -0.112. The minimum atomic E-state index is 0.133. The first-order valence-electron chi connectivity index (χ1n) is 6.54. The van der Waals surface area contributed by atoms with E-state index in [1.165, 1.54) is 36.3 Å². The number of carbonyl (C=O) groups excluding carboxylic acids is 1. The molecule has 3 rings (SSSR count). The van der Waals surface area contributed by atoms with Crippen molar-refractivity contribution in [1.29, 1.82) is 0 Å². The number of para-hydroxylation sites is 1. The second kappa shape index (κ2) is 4.81. The Morgan fingerprint density at radius 1 is 1.33 bits per heavy atom. The summed E-state index contributed by atoms with van der Waals surface area (Å²) in [6.07, 6.45) is 6.87. The molecule has 18 heavy (non-hydrogen) atoms. The van der Waals surface area contributed by atoms with E-state index in [9.17, 15) is 4.79 Å². The summed E-state index contributed by atoms with van der Waals surface area (Å²) in [5.74, 6) is 0.133. The zero-order valence-corrected chi connectivity index (χ0v) is 11.4. The Balaban J connectivity index is 2.01. The van der Waals surface area contributed by atoms with Crippen molar-refractivity contribution in [3.63, 3.8) is 0 Å². The van der Waals surface area contributed by atoms with Gasteiger partial charge in [-0.3, -0.25) is 4.79 Å². The average Bonchev–Trinajstić information content (AvgIpc) is 2.93. The van der Waals surface area contributed by atoms with Gasteiger partial charge >= 0.3 is 0 Å². The third kappa shape index (κ3) is 2.07. The Morgan fingerprint density at radius 3 is 2.78 bits per heavy atom. The van der Waals surface area contributed by atoms with Crippen LogP contribution in [0.1, 0.15) is 32.6 Å². The molecule has 94 valence electrons. The highest BCUT2D eigenvalue weighted by atomic mass is 32.2. The predicted molar refractivity (Wildman–Crippen MR) is 75.8 cm³/mol. The van der Waals surface area contributed by atoms with Crippen LogP contribution in [0.5, 0.6) is 0 Å². The summed E-state index contributed by atoms with van der Waals surface area (Å²) >= 11 is 1.73. The molecule has 1 aliphatic carbocycles. The molecule has 3 heteroatoms. The van der Waals surface area contributed by atoms with Gasteiger partial charge in [-0.05, 0) is 31.9 Å². The number of hydrogen-bond acceptors (Lipinski definition) is 3. The summed E-state index contributed by atoms with van der Waals surface area (Å²) in [4.78, 5) is 15.1. The van der Waals surface area contributed by atoms with E-state index in [1.54, 1.807) is 24.8 Å². The summed E-state index contributed by atoms with van der Waals surface area (Å²) in [6.45, 7) is 1.63. The molecule has 0 spiro atoms. The van der Waals surface area contributed by atoms with Crippen molar-refractivity contribution in [1.82, 2.24) is 0 Å². The van der Waals surface area contributed by atoms with E-state index >= 15 is 0 Å². The largest absolute Gasteiger partial charge is 0.332 e. The monoisotopic (exact) mass is 259 g/mol. The molecule has 1 aliphatic heterocycles. The van der Waals surface area contributed by atoms with Gasteiger partial charge in [-0.15, -0.1) is 0 Å². The van der Waals surface area contributed by atoms with E-state index < -0.39 is 0 Å². The predicted octanol–water partition coefficient (Wildman–Crippen LogP) is 3.97. The van der Waals surface area contributed by atoms with Gasteiger partial charge in [0.15, 0.2) is 5.78 Å². The van der Waals surface area contributed by atoms with Crippen LogP contribution >= 0.6 is 11.8 Å². The van der Waals surface area contributed by atoms with E-state index in [2.05, 4.69) is 29.2 Å². The SMILES string of the molecule is CC(=O)/C=C1\Sc2ccccc2N1C1CCCC1. The number of hydrogen-bond donors (Lipinski definition) is 0. The molecule has 0 amide bonds. The lowest BCUT2D eigenvalue weighted by Crippen LogP contribution is -2.29. The van der Waals surface area contributed by atoms with Crippen LogP contribution in [0, 0.1) is 0 Å². The normalized spacial score (nSPS) is 21.6. The Hall–Kier alpha value is -1.22. The smallest absolute Gasteiger partial charge is 0.155 e. The molecule has 1 saturated carbocycles. The van der Waals surface area contributed by atoms with Crippen LogP contribution in [-0.2, 0) is 4.79 Å². The molecule has 0 radical (unpaired) electrons. The fraction of sp³-hybridized carbons (Fsp3) is 0.400. The first-order chi connectivity index (χ1) is 8.75. The van der Waals surface area contributed by atoms with Crippen molar-refractivity contribution in [2.24, 2.45) is 0 Å². The second-order valence-corrected chi connectivity index (χ2v) is 6.03. The fourth-order valence-electron chi connectivity index (χ4n) is 2.84. The minimum Gasteiger partial charge on any atom is -0.332 e. The van der Waals surface area contributed by atoms with Crippen LogP contribution in [0.15, 0.2) is 40.3 Å². The molecule has 0 bridgehead atoms. The molecule has 1 aromatic carbocycles. The quantitative estimate of drug-likeness (QED) is 0.749. The van der Waals surface area contributed by atoms with Gasteiger partial charge in [0.05, 0.1) is 10.7 Å². The van der Waals surface area contributed by atoms with Crippen molar-refractivity contribution in [2.45, 2.75) is 43.5 Å². The van der Waals surface area contributed by atoms with Crippen molar-refractivity contribution in [3.05, 3.63) is 35.4 Å². The molecule has 2 nitrogen and oxygen atoms in total. The molecule has 0 aromatic heterocycles. The molecule has 1 heterocycles. The first-order valence-corrected chi connectivity index (χ1v) is 7.36. The van der Waals surface area contributed by atoms with Gasteiger partial charge in [0.2, 0.25) is 0 Å². The fourth-order valence-corrected chi connectivity index (χ4v) is 4.05. The van der Waals surface area contributed by atoms with Crippen molar-refractivity contribution in [3.8, 4) is 0 Å². The molecule has 2 aliphatic rings. The lowest BCUT2D eigenvalue weighted by atomic mass is 10.2. The van der Waals surface area contributed by atoms with Gasteiger partial charge in [-0.1, -0.05) is 36.7 Å². The Labute approximate surface area is 112 Å². The zero-order valence-electron chi connectivity index (χ0n) is 10.6. The number of benzene rings is 1. The number of carbonyl (C=O) groups is 1. The van der Waals surface area contributed by atoms with Gasteiger partial charge in [-0.25, -0.2) is 0 Å². The number of fused-ring (bicyclic) bond motifs is 1. The first kappa shape index (κ1) is 11.8. The van der Waals surface area contributed by atoms with Crippen molar-refractivity contribution in [2.75, 3.05) is 4.90 Å². The average molecular weight is 259 g/mol. The maximum absolute atomic E-state index is 11.4. The van der Waals surface area contributed by atoms with Crippen molar-refractivity contribution < 1.29 is 4.79 Å². The highest BCUT2D eigenvalue weighted by molar-refractivity contribution is 8.03. The van der Waals surface area contributed by atoms with Gasteiger partial charge in [0.1, 0.15) is 0 Å². The molecular formula is C15H17NOS. The van der Waals surface area contributed by atoms with E-state index in [0.717, 1.165) is 5.03 Å². The summed E-state index contributed by atoms with van der Waals surface area (Å²) in [7, 11) is 0. The Kier molecular flexibility index (Phi) is 3.16. The minimum absolute atomic E-state index is 0.133. The summed E-state index contributed by atoms with van der Waals surface area (Å²) < 4.78 is 0. The zero-order chi connectivity index (χ0) is 12.5. The van der Waals surface area contributed by atoms with Crippen molar-refractivity contribution >= 4 is 23.2 Å². The van der Waals surface area contributed by atoms with Crippen LogP contribution in [0.3, 0.4) is 0 Å². The maximum atomic E-state index is 11.4. The number of rotatable bonds is 2. The van der Waals surface area contributed by atoms with E-state index in [1.807, 2.05) is 0 Å². The highest BCUT2D eigenvalue weighted by Crippen LogP contribution is 2.48. The lowest BCUT2D eigenvalue weighted by Gasteiger charge is -2.27. The van der Waals surface area contributed by atoms with Gasteiger partial charge in [0, 0.05) is 17.0 Å². The molecular weight excluding hydrogens is 242 g/mol. The van der Waals surface area contributed by atoms with Crippen LogP contribution in [0.4, 0.5) is 5.69 Å². The third-order valence-corrected chi connectivity index (χ3v) is 4.68. The number of anilines is 1. The molecule has 0 N–H and O–H groups in total. The van der Waals surface area contributed by atoms with Crippen LogP contribution in [-0.4, -0.2) is 11.8 Å². The molecule has 1 fully saturated rings. The van der Waals surface area contributed by atoms with Crippen LogP contribution < -0.4 is 4.90 Å². The van der Waals surface area contributed by atoms with Gasteiger partial charge in [-0.2, -0.15) is 0 Å². The molecule has 0 atom stereocenters. The Bertz CT molecular complexity index is 503. The Morgan fingerprint density at radius 2 is 2.06 bits per heavy atom. The summed E-state index contributed by atoms with van der Waals surface area (Å²) in [5, 5.41) is 1.11. The third-order valence-electron chi connectivity index (χ3n) is 3.59.